The van der Waals surface area contributed by atoms with Gasteiger partial charge in [-0.15, -0.1) is 0 Å². The Morgan fingerprint density at radius 1 is 1.05 bits per heavy atom. The number of hydrogen-bond acceptors (Lipinski definition) is 1. The van der Waals surface area contributed by atoms with E-state index in [4.69, 9.17) is 5.73 Å². The summed E-state index contributed by atoms with van der Waals surface area (Å²) in [5.41, 5.74) is 10.4. The summed E-state index contributed by atoms with van der Waals surface area (Å²) < 4.78 is 0. The molecule has 102 valence electrons. The fraction of sp³-hybridized carbons (Fsp3) is 0.667. The van der Waals surface area contributed by atoms with Gasteiger partial charge in [0.1, 0.15) is 0 Å². The number of nitrogen functional groups attached to an aromatic ring is 1. The third kappa shape index (κ3) is 1.98. The molecule has 4 aliphatic rings. The Balaban J connectivity index is 1.60. The molecule has 4 saturated carbocycles. The van der Waals surface area contributed by atoms with Crippen LogP contribution in [0.15, 0.2) is 18.2 Å². The van der Waals surface area contributed by atoms with Crippen molar-refractivity contribution in [2.24, 2.45) is 23.2 Å². The summed E-state index contributed by atoms with van der Waals surface area (Å²) in [5, 5.41) is 0. The standard InChI is InChI=1S/C18H25N/c1-12-2-3-13(7-17(12)19)8-18-9-14-4-15(10-18)6-16(5-14)11-18/h2-3,7,14-16H,4-6,8-11,19H2,1H3. The Morgan fingerprint density at radius 3 is 2.16 bits per heavy atom. The maximum atomic E-state index is 6.09. The molecule has 0 atom stereocenters. The molecule has 0 radical (unpaired) electrons. The third-order valence-electron chi connectivity index (χ3n) is 6.09. The van der Waals surface area contributed by atoms with E-state index < -0.39 is 0 Å². The van der Waals surface area contributed by atoms with Gasteiger partial charge in [0.25, 0.3) is 0 Å². The van der Waals surface area contributed by atoms with Gasteiger partial charge in [-0.3, -0.25) is 0 Å². The molecule has 0 spiro atoms. The second-order valence-corrected chi connectivity index (χ2v) is 7.79. The van der Waals surface area contributed by atoms with Crippen molar-refractivity contribution in [2.75, 3.05) is 5.73 Å². The average molecular weight is 255 g/mol. The van der Waals surface area contributed by atoms with Crippen LogP contribution in [-0.2, 0) is 6.42 Å². The van der Waals surface area contributed by atoms with E-state index in [-0.39, 0.29) is 0 Å². The zero-order chi connectivity index (χ0) is 13.0. The third-order valence-corrected chi connectivity index (χ3v) is 6.09. The summed E-state index contributed by atoms with van der Waals surface area (Å²) in [7, 11) is 0. The molecule has 1 nitrogen and oxygen atoms in total. The largest absolute Gasteiger partial charge is 0.399 e. The van der Waals surface area contributed by atoms with Crippen LogP contribution in [-0.4, -0.2) is 0 Å². The van der Waals surface area contributed by atoms with Crippen LogP contribution in [0, 0.1) is 30.1 Å². The Bertz CT molecular complexity index is 467. The lowest BCUT2D eigenvalue weighted by Crippen LogP contribution is -2.47. The Morgan fingerprint density at radius 2 is 1.63 bits per heavy atom. The molecule has 0 amide bonds. The van der Waals surface area contributed by atoms with Crippen molar-refractivity contribution in [1.82, 2.24) is 0 Å². The van der Waals surface area contributed by atoms with E-state index in [1.165, 1.54) is 56.1 Å². The maximum Gasteiger partial charge on any atom is 0.0346 e. The van der Waals surface area contributed by atoms with E-state index in [2.05, 4.69) is 25.1 Å². The number of benzene rings is 1. The molecule has 0 aromatic heterocycles. The fourth-order valence-corrected chi connectivity index (χ4v) is 5.74. The van der Waals surface area contributed by atoms with Crippen molar-refractivity contribution in [3.8, 4) is 0 Å². The van der Waals surface area contributed by atoms with Crippen LogP contribution in [0.5, 0.6) is 0 Å². The second kappa shape index (κ2) is 4.01. The first-order valence-corrected chi connectivity index (χ1v) is 7.97. The van der Waals surface area contributed by atoms with Crippen LogP contribution in [0.3, 0.4) is 0 Å². The predicted molar refractivity (Wildman–Crippen MR) is 79.9 cm³/mol. The molecule has 0 saturated heterocycles. The van der Waals surface area contributed by atoms with Crippen LogP contribution in [0.4, 0.5) is 5.69 Å². The Kier molecular flexibility index (Phi) is 2.49. The highest BCUT2D eigenvalue weighted by Crippen LogP contribution is 2.61. The van der Waals surface area contributed by atoms with E-state index in [9.17, 15) is 0 Å². The normalized spacial score (nSPS) is 39.7. The number of nitrogens with two attached hydrogens (primary N) is 1. The molecule has 4 fully saturated rings. The highest BCUT2D eigenvalue weighted by atomic mass is 14.6. The molecule has 19 heavy (non-hydrogen) atoms. The quantitative estimate of drug-likeness (QED) is 0.782. The van der Waals surface area contributed by atoms with E-state index in [0.717, 1.165) is 23.4 Å². The molecule has 0 aliphatic heterocycles. The van der Waals surface area contributed by atoms with Gasteiger partial charge in [0.05, 0.1) is 0 Å². The van der Waals surface area contributed by atoms with E-state index >= 15 is 0 Å². The number of aryl methyl sites for hydroxylation is 1. The minimum absolute atomic E-state index is 0.635. The van der Waals surface area contributed by atoms with Gasteiger partial charge in [0.2, 0.25) is 0 Å². The Labute approximate surface area is 116 Å². The minimum atomic E-state index is 0.635. The number of anilines is 1. The van der Waals surface area contributed by atoms with Crippen molar-refractivity contribution in [2.45, 2.75) is 51.9 Å². The van der Waals surface area contributed by atoms with Crippen molar-refractivity contribution in [3.63, 3.8) is 0 Å². The molecule has 4 aliphatic carbocycles. The maximum absolute atomic E-state index is 6.09. The van der Waals surface area contributed by atoms with Crippen molar-refractivity contribution >= 4 is 5.69 Å². The lowest BCUT2D eigenvalue weighted by molar-refractivity contribution is -0.0521. The van der Waals surface area contributed by atoms with Gasteiger partial charge in [0, 0.05) is 5.69 Å². The zero-order valence-corrected chi connectivity index (χ0v) is 12.0. The number of hydrogen-bond donors (Lipinski definition) is 1. The highest BCUT2D eigenvalue weighted by Gasteiger charge is 2.50. The smallest absolute Gasteiger partial charge is 0.0346 e. The van der Waals surface area contributed by atoms with Crippen LogP contribution in [0.2, 0.25) is 0 Å². The van der Waals surface area contributed by atoms with Gasteiger partial charge >= 0.3 is 0 Å². The molecule has 2 N–H and O–H groups in total. The zero-order valence-electron chi connectivity index (χ0n) is 12.0. The van der Waals surface area contributed by atoms with Gasteiger partial charge < -0.3 is 5.73 Å². The second-order valence-electron chi connectivity index (χ2n) is 7.79. The summed E-state index contributed by atoms with van der Waals surface area (Å²) in [4.78, 5) is 0. The first kappa shape index (κ1) is 11.8. The van der Waals surface area contributed by atoms with E-state index in [0.29, 0.717) is 5.41 Å². The molecule has 1 aromatic rings. The van der Waals surface area contributed by atoms with Gasteiger partial charge in [-0.2, -0.15) is 0 Å². The lowest BCUT2D eigenvalue weighted by Gasteiger charge is -2.57. The predicted octanol–water partition coefficient (Wildman–Crippen LogP) is 4.34. The molecular weight excluding hydrogens is 230 g/mol. The molecule has 1 aromatic carbocycles. The fourth-order valence-electron chi connectivity index (χ4n) is 5.74. The number of rotatable bonds is 2. The SMILES string of the molecule is Cc1ccc(CC23CC4CC(CC(C4)C2)C3)cc1N. The van der Waals surface area contributed by atoms with E-state index in [1.807, 2.05) is 0 Å². The van der Waals surface area contributed by atoms with Crippen LogP contribution in [0.1, 0.15) is 49.7 Å². The molecule has 0 heterocycles. The van der Waals surface area contributed by atoms with Crippen molar-refractivity contribution < 1.29 is 0 Å². The Hall–Kier alpha value is -0.980. The first-order chi connectivity index (χ1) is 9.12. The molecule has 5 rings (SSSR count). The van der Waals surface area contributed by atoms with Crippen LogP contribution >= 0.6 is 0 Å². The molecular formula is C18H25N. The molecule has 4 bridgehead atoms. The van der Waals surface area contributed by atoms with Gasteiger partial charge in [-0.25, -0.2) is 0 Å². The summed E-state index contributed by atoms with van der Waals surface area (Å²) in [6, 6.07) is 6.74. The molecule has 1 heteroatoms. The highest BCUT2D eigenvalue weighted by molar-refractivity contribution is 5.48. The van der Waals surface area contributed by atoms with Gasteiger partial charge in [-0.1, -0.05) is 12.1 Å². The minimum Gasteiger partial charge on any atom is -0.399 e. The summed E-state index contributed by atoms with van der Waals surface area (Å²) in [6.07, 6.45) is 10.4. The van der Waals surface area contributed by atoms with Gasteiger partial charge in [-0.05, 0) is 92.2 Å². The topological polar surface area (TPSA) is 26.0 Å². The summed E-state index contributed by atoms with van der Waals surface area (Å²) in [6.45, 7) is 2.10. The van der Waals surface area contributed by atoms with E-state index in [1.54, 1.807) is 0 Å². The lowest BCUT2D eigenvalue weighted by atomic mass is 9.48. The summed E-state index contributed by atoms with van der Waals surface area (Å²) in [5.74, 6) is 3.15. The average Bonchev–Trinajstić information content (AvgIpc) is 2.31. The monoisotopic (exact) mass is 255 g/mol. The summed E-state index contributed by atoms with van der Waals surface area (Å²) >= 11 is 0. The molecule has 0 unspecified atom stereocenters. The van der Waals surface area contributed by atoms with Crippen molar-refractivity contribution in [1.29, 1.82) is 0 Å². The van der Waals surface area contributed by atoms with Crippen LogP contribution < -0.4 is 5.73 Å². The van der Waals surface area contributed by atoms with Crippen LogP contribution in [0.25, 0.3) is 0 Å². The first-order valence-electron chi connectivity index (χ1n) is 7.97. The van der Waals surface area contributed by atoms with Crippen molar-refractivity contribution in [3.05, 3.63) is 29.3 Å². The van der Waals surface area contributed by atoms with Gasteiger partial charge in [0.15, 0.2) is 0 Å².